The second-order valence-corrected chi connectivity index (χ2v) is 6.04. The molecule has 1 aromatic heterocycles. The van der Waals surface area contributed by atoms with Gasteiger partial charge in [0.2, 0.25) is 5.89 Å². The lowest BCUT2D eigenvalue weighted by molar-refractivity contribution is 0.102. The first kappa shape index (κ1) is 18.1. The van der Waals surface area contributed by atoms with Crippen molar-refractivity contribution >= 4 is 34.8 Å². The molecular formula is C18H14Cl2N2O4. The zero-order valence-corrected chi connectivity index (χ0v) is 15.4. The van der Waals surface area contributed by atoms with E-state index in [0.29, 0.717) is 32.8 Å². The lowest BCUT2D eigenvalue weighted by atomic mass is 10.2. The molecule has 0 radical (unpaired) electrons. The van der Waals surface area contributed by atoms with Crippen LogP contribution in [0, 0.1) is 0 Å². The van der Waals surface area contributed by atoms with Crippen molar-refractivity contribution in [2.45, 2.75) is 0 Å². The number of methoxy groups -OCH3 is 2. The second kappa shape index (κ2) is 7.68. The Hall–Kier alpha value is -2.70. The summed E-state index contributed by atoms with van der Waals surface area (Å²) < 4.78 is 15.7. The Bertz CT molecular complexity index is 934. The fourth-order valence-electron chi connectivity index (χ4n) is 2.21. The van der Waals surface area contributed by atoms with Gasteiger partial charge in [-0.2, -0.15) is 0 Å². The predicted octanol–water partition coefficient (Wildman–Crippen LogP) is 4.92. The van der Waals surface area contributed by atoms with E-state index < -0.39 is 5.91 Å². The van der Waals surface area contributed by atoms with Crippen LogP contribution < -0.4 is 14.8 Å². The van der Waals surface area contributed by atoms with Crippen LogP contribution >= 0.6 is 23.2 Å². The Morgan fingerprint density at radius 1 is 1.04 bits per heavy atom. The van der Waals surface area contributed by atoms with Gasteiger partial charge in [0.25, 0.3) is 5.91 Å². The van der Waals surface area contributed by atoms with Crippen LogP contribution in [0.2, 0.25) is 10.0 Å². The molecule has 1 amide bonds. The van der Waals surface area contributed by atoms with E-state index in [-0.39, 0.29) is 11.6 Å². The molecule has 2 aromatic carbocycles. The third-order valence-electron chi connectivity index (χ3n) is 3.51. The Kier molecular flexibility index (Phi) is 5.35. The molecule has 0 fully saturated rings. The quantitative estimate of drug-likeness (QED) is 0.666. The number of benzene rings is 2. The molecular weight excluding hydrogens is 379 g/mol. The first-order valence-electron chi connectivity index (χ1n) is 7.45. The van der Waals surface area contributed by atoms with Crippen molar-refractivity contribution in [2.24, 2.45) is 0 Å². The number of nitrogens with one attached hydrogen (secondary N) is 1. The van der Waals surface area contributed by atoms with E-state index in [0.717, 1.165) is 0 Å². The molecule has 0 saturated carbocycles. The van der Waals surface area contributed by atoms with Crippen molar-refractivity contribution in [3.8, 4) is 23.0 Å². The van der Waals surface area contributed by atoms with Crippen molar-refractivity contribution in [1.29, 1.82) is 0 Å². The van der Waals surface area contributed by atoms with Gasteiger partial charge >= 0.3 is 0 Å². The summed E-state index contributed by atoms with van der Waals surface area (Å²) >= 11 is 11.9. The molecule has 1 heterocycles. The van der Waals surface area contributed by atoms with Gasteiger partial charge in [0.1, 0.15) is 17.8 Å². The number of oxazole rings is 1. The Morgan fingerprint density at radius 3 is 2.35 bits per heavy atom. The van der Waals surface area contributed by atoms with Crippen molar-refractivity contribution in [2.75, 3.05) is 19.5 Å². The fourth-order valence-corrected chi connectivity index (χ4v) is 2.51. The number of hydrogen-bond acceptors (Lipinski definition) is 5. The fraction of sp³-hybridized carbons (Fsp3) is 0.111. The number of rotatable bonds is 5. The zero-order valence-electron chi connectivity index (χ0n) is 13.9. The van der Waals surface area contributed by atoms with E-state index in [9.17, 15) is 4.79 Å². The van der Waals surface area contributed by atoms with Crippen LogP contribution in [0.4, 0.5) is 5.69 Å². The van der Waals surface area contributed by atoms with Crippen molar-refractivity contribution < 1.29 is 18.7 Å². The number of nitrogens with zero attached hydrogens (tertiary/aromatic N) is 1. The molecule has 0 bridgehead atoms. The summed E-state index contributed by atoms with van der Waals surface area (Å²) in [6.45, 7) is 0. The van der Waals surface area contributed by atoms with Crippen LogP contribution in [-0.4, -0.2) is 25.1 Å². The SMILES string of the molecule is COc1cc(NC(=O)c2coc(-c3ccc(Cl)c(Cl)c3)n2)cc(OC)c1. The molecule has 8 heteroatoms. The van der Waals surface area contributed by atoms with E-state index >= 15 is 0 Å². The number of aromatic nitrogens is 1. The highest BCUT2D eigenvalue weighted by atomic mass is 35.5. The maximum Gasteiger partial charge on any atom is 0.277 e. The summed E-state index contributed by atoms with van der Waals surface area (Å²) in [4.78, 5) is 16.6. The Morgan fingerprint density at radius 2 is 1.73 bits per heavy atom. The minimum Gasteiger partial charge on any atom is -0.497 e. The third kappa shape index (κ3) is 3.92. The number of carbonyl (C=O) groups excluding carboxylic acids is 1. The number of halogens is 2. The lowest BCUT2D eigenvalue weighted by Gasteiger charge is -2.08. The molecule has 0 saturated heterocycles. The summed E-state index contributed by atoms with van der Waals surface area (Å²) in [7, 11) is 3.06. The summed E-state index contributed by atoms with van der Waals surface area (Å²) in [5, 5.41) is 3.52. The molecule has 26 heavy (non-hydrogen) atoms. The van der Waals surface area contributed by atoms with Crippen LogP contribution in [0.5, 0.6) is 11.5 Å². The van der Waals surface area contributed by atoms with Gasteiger partial charge in [0.15, 0.2) is 5.69 Å². The van der Waals surface area contributed by atoms with Gasteiger partial charge in [-0.3, -0.25) is 4.79 Å². The largest absolute Gasteiger partial charge is 0.497 e. The molecule has 0 aliphatic carbocycles. The molecule has 0 atom stereocenters. The van der Waals surface area contributed by atoms with E-state index in [1.807, 2.05) is 0 Å². The van der Waals surface area contributed by atoms with Crippen molar-refractivity contribution in [3.63, 3.8) is 0 Å². The van der Waals surface area contributed by atoms with Crippen molar-refractivity contribution in [1.82, 2.24) is 4.98 Å². The van der Waals surface area contributed by atoms with Crippen LogP contribution in [0.1, 0.15) is 10.5 Å². The van der Waals surface area contributed by atoms with Gasteiger partial charge in [0, 0.05) is 29.4 Å². The van der Waals surface area contributed by atoms with Crippen LogP contribution in [-0.2, 0) is 0 Å². The number of hydrogen-bond donors (Lipinski definition) is 1. The maximum absolute atomic E-state index is 12.4. The number of ether oxygens (including phenoxy) is 2. The van der Waals surface area contributed by atoms with E-state index in [4.69, 9.17) is 37.1 Å². The zero-order chi connectivity index (χ0) is 18.7. The van der Waals surface area contributed by atoms with E-state index in [1.54, 1.807) is 36.4 Å². The van der Waals surface area contributed by atoms with Gasteiger partial charge in [0.05, 0.1) is 24.3 Å². The highest BCUT2D eigenvalue weighted by molar-refractivity contribution is 6.42. The number of carbonyl (C=O) groups is 1. The highest BCUT2D eigenvalue weighted by Gasteiger charge is 2.15. The third-order valence-corrected chi connectivity index (χ3v) is 4.25. The average Bonchev–Trinajstić information content (AvgIpc) is 3.14. The maximum atomic E-state index is 12.4. The summed E-state index contributed by atoms with van der Waals surface area (Å²) in [5.74, 6) is 0.930. The standard InChI is InChI=1S/C18H14Cl2N2O4/c1-24-12-6-11(7-13(8-12)25-2)21-17(23)16-9-26-18(22-16)10-3-4-14(19)15(20)5-10/h3-9H,1-2H3,(H,21,23). The number of amides is 1. The van der Waals surface area contributed by atoms with Gasteiger partial charge in [-0.15, -0.1) is 0 Å². The van der Waals surface area contributed by atoms with Crippen LogP contribution in [0.3, 0.4) is 0 Å². The molecule has 134 valence electrons. The van der Waals surface area contributed by atoms with E-state index in [1.165, 1.54) is 20.5 Å². The summed E-state index contributed by atoms with van der Waals surface area (Å²) in [5.41, 5.74) is 1.24. The van der Waals surface area contributed by atoms with Crippen molar-refractivity contribution in [3.05, 3.63) is 58.4 Å². The predicted molar refractivity (Wildman–Crippen MR) is 99.5 cm³/mol. The normalized spacial score (nSPS) is 10.5. The molecule has 1 N–H and O–H groups in total. The van der Waals surface area contributed by atoms with Gasteiger partial charge in [-0.1, -0.05) is 23.2 Å². The smallest absolute Gasteiger partial charge is 0.277 e. The second-order valence-electron chi connectivity index (χ2n) is 5.22. The lowest BCUT2D eigenvalue weighted by Crippen LogP contribution is -2.12. The molecule has 3 aromatic rings. The Labute approximate surface area is 159 Å². The molecule has 0 unspecified atom stereocenters. The van der Waals surface area contributed by atoms with Gasteiger partial charge < -0.3 is 19.2 Å². The molecule has 3 rings (SSSR count). The first-order chi connectivity index (χ1) is 12.5. The Balaban J connectivity index is 1.81. The van der Waals surface area contributed by atoms with Gasteiger partial charge in [-0.05, 0) is 18.2 Å². The molecule has 0 spiro atoms. The number of anilines is 1. The van der Waals surface area contributed by atoms with Gasteiger partial charge in [-0.25, -0.2) is 4.98 Å². The van der Waals surface area contributed by atoms with Crippen LogP contribution in [0.15, 0.2) is 47.1 Å². The monoisotopic (exact) mass is 392 g/mol. The minimum atomic E-state index is -0.435. The summed E-state index contributed by atoms with van der Waals surface area (Å²) in [6.07, 6.45) is 1.27. The highest BCUT2D eigenvalue weighted by Crippen LogP contribution is 2.29. The minimum absolute atomic E-state index is 0.118. The topological polar surface area (TPSA) is 73.6 Å². The molecule has 6 nitrogen and oxygen atoms in total. The average molecular weight is 393 g/mol. The van der Waals surface area contributed by atoms with E-state index in [2.05, 4.69) is 10.3 Å². The first-order valence-corrected chi connectivity index (χ1v) is 8.21. The summed E-state index contributed by atoms with van der Waals surface area (Å²) in [6, 6.07) is 9.99. The molecule has 0 aliphatic rings. The molecule has 0 aliphatic heterocycles. The van der Waals surface area contributed by atoms with Crippen LogP contribution in [0.25, 0.3) is 11.5 Å².